The van der Waals surface area contributed by atoms with Gasteiger partial charge in [-0.2, -0.15) is 5.10 Å². The minimum atomic E-state index is 0. The second-order valence-electron chi connectivity index (χ2n) is 8.26. The van der Waals surface area contributed by atoms with Gasteiger partial charge in [0.2, 0.25) is 0 Å². The second-order valence-corrected chi connectivity index (χ2v) is 8.26. The number of benzene rings is 3. The number of nitrogens with zero attached hydrogens (tertiary/aromatic N) is 3. The zero-order chi connectivity index (χ0) is 20.3. The fraction of sp³-hybridized carbons (Fsp3) is 0.222. The van der Waals surface area contributed by atoms with E-state index in [1.807, 2.05) is 0 Å². The summed E-state index contributed by atoms with van der Waals surface area (Å²) in [5, 5.41) is 7.21. The summed E-state index contributed by atoms with van der Waals surface area (Å²) in [4.78, 5) is 2.57. The van der Waals surface area contributed by atoms with Gasteiger partial charge in [0.1, 0.15) is 0 Å². The molecule has 2 unspecified atom stereocenters. The molecule has 0 amide bonds. The molecule has 158 valence electrons. The summed E-state index contributed by atoms with van der Waals surface area (Å²) in [6, 6.07) is 32.5. The first-order valence-electron chi connectivity index (χ1n) is 10.7. The molecule has 5 rings (SSSR count). The smallest absolute Gasteiger partial charge is 0.0813 e. The lowest BCUT2D eigenvalue weighted by atomic mass is 9.83. The summed E-state index contributed by atoms with van der Waals surface area (Å²) in [6.45, 7) is 2.90. The first kappa shape index (κ1) is 21.4. The van der Waals surface area contributed by atoms with Gasteiger partial charge in [-0.3, -0.25) is 9.91 Å². The zero-order valence-electron chi connectivity index (χ0n) is 17.8. The molecule has 2 aliphatic rings. The molecule has 31 heavy (non-hydrogen) atoms. The van der Waals surface area contributed by atoms with Crippen LogP contribution in [0.1, 0.15) is 22.7 Å². The lowest BCUT2D eigenvalue weighted by molar-refractivity contribution is 0.190. The molecule has 0 bridgehead atoms. The fourth-order valence-electron chi connectivity index (χ4n) is 4.80. The van der Waals surface area contributed by atoms with Gasteiger partial charge >= 0.3 is 0 Å². The second kappa shape index (κ2) is 9.51. The van der Waals surface area contributed by atoms with Crippen molar-refractivity contribution in [2.24, 2.45) is 11.0 Å². The van der Waals surface area contributed by atoms with E-state index < -0.39 is 0 Å². The van der Waals surface area contributed by atoms with Crippen LogP contribution in [-0.4, -0.2) is 35.8 Å². The maximum Gasteiger partial charge on any atom is 0.0813 e. The Balaban J connectivity index is 0.00000231. The number of fused-ring (bicyclic) bond motifs is 1. The van der Waals surface area contributed by atoms with Gasteiger partial charge in [-0.05, 0) is 28.3 Å². The summed E-state index contributed by atoms with van der Waals surface area (Å²) in [6.07, 6.45) is 2.32. The molecule has 3 nitrogen and oxygen atoms in total. The van der Waals surface area contributed by atoms with Gasteiger partial charge in [0.25, 0.3) is 0 Å². The molecule has 0 radical (unpaired) electrons. The van der Waals surface area contributed by atoms with Crippen LogP contribution in [0.3, 0.4) is 0 Å². The Hall–Kier alpha value is -2.88. The lowest BCUT2D eigenvalue weighted by Crippen LogP contribution is -2.43. The Labute approximate surface area is 191 Å². The van der Waals surface area contributed by atoms with Crippen LogP contribution in [0.25, 0.3) is 6.08 Å². The Morgan fingerprint density at radius 3 is 2.16 bits per heavy atom. The maximum atomic E-state index is 5.04. The van der Waals surface area contributed by atoms with Crippen molar-refractivity contribution in [1.82, 2.24) is 9.91 Å². The number of hydrogen-bond donors (Lipinski definition) is 0. The molecule has 0 N–H and O–H groups in total. The standard InChI is InChI=1S/C27H27N3.ClH/c1-29-27(23-15-9-4-10-16-23)25-20-30(18-22-13-7-3-8-14-22)19-24(26(25)28-29)17-21-11-5-2-6-12-21;/h2-17,25,27H,18-20H2,1H3;1H/b24-17+;. The SMILES string of the molecule is CN1N=C2/C(=C/c3ccccc3)CN(Cc3ccccc3)CC2C1c1ccccc1.Cl. The third kappa shape index (κ3) is 4.58. The van der Waals surface area contributed by atoms with E-state index in [2.05, 4.69) is 114 Å². The molecule has 2 aliphatic heterocycles. The van der Waals surface area contributed by atoms with Crippen LogP contribution in [0, 0.1) is 5.92 Å². The van der Waals surface area contributed by atoms with E-state index in [9.17, 15) is 0 Å². The van der Waals surface area contributed by atoms with Gasteiger partial charge in [-0.1, -0.05) is 91.0 Å². The van der Waals surface area contributed by atoms with Crippen molar-refractivity contribution in [3.63, 3.8) is 0 Å². The Morgan fingerprint density at radius 1 is 0.871 bits per heavy atom. The first-order chi connectivity index (χ1) is 14.8. The van der Waals surface area contributed by atoms with Crippen LogP contribution in [0.2, 0.25) is 0 Å². The van der Waals surface area contributed by atoms with Gasteiger partial charge < -0.3 is 0 Å². The van der Waals surface area contributed by atoms with Crippen molar-refractivity contribution in [2.45, 2.75) is 12.6 Å². The van der Waals surface area contributed by atoms with Crippen LogP contribution in [0.4, 0.5) is 0 Å². The largest absolute Gasteiger partial charge is 0.294 e. The molecule has 0 aromatic heterocycles. The maximum absolute atomic E-state index is 5.04. The zero-order valence-corrected chi connectivity index (χ0v) is 18.6. The van der Waals surface area contributed by atoms with Crippen LogP contribution < -0.4 is 0 Å². The highest BCUT2D eigenvalue weighted by molar-refractivity contribution is 6.07. The molecular formula is C27H28ClN3. The van der Waals surface area contributed by atoms with Gasteiger partial charge in [0.05, 0.1) is 11.8 Å². The van der Waals surface area contributed by atoms with Crippen LogP contribution >= 0.6 is 12.4 Å². The minimum absolute atomic E-state index is 0. The molecule has 0 saturated carbocycles. The van der Waals surface area contributed by atoms with E-state index in [-0.39, 0.29) is 18.4 Å². The molecule has 1 fully saturated rings. The summed E-state index contributed by atoms with van der Waals surface area (Å²) in [5.41, 5.74) is 6.52. The molecule has 0 aliphatic carbocycles. The van der Waals surface area contributed by atoms with Crippen LogP contribution in [0.15, 0.2) is 102 Å². The molecule has 2 atom stereocenters. The molecule has 0 spiro atoms. The van der Waals surface area contributed by atoms with Crippen molar-refractivity contribution in [3.05, 3.63) is 113 Å². The highest BCUT2D eigenvalue weighted by Gasteiger charge is 2.42. The molecular weight excluding hydrogens is 402 g/mol. The number of piperidine rings is 1. The molecule has 3 aromatic carbocycles. The van der Waals surface area contributed by atoms with Crippen LogP contribution in [0.5, 0.6) is 0 Å². The quantitative estimate of drug-likeness (QED) is 0.532. The van der Waals surface area contributed by atoms with Crippen molar-refractivity contribution in [3.8, 4) is 0 Å². The van der Waals surface area contributed by atoms with Crippen molar-refractivity contribution >= 4 is 24.2 Å². The van der Waals surface area contributed by atoms with E-state index in [0.29, 0.717) is 5.92 Å². The Bertz CT molecular complexity index is 1050. The summed E-state index contributed by atoms with van der Waals surface area (Å²) in [5.74, 6) is 0.366. The van der Waals surface area contributed by atoms with Gasteiger partial charge in [0, 0.05) is 32.6 Å². The number of rotatable bonds is 4. The van der Waals surface area contributed by atoms with Crippen LogP contribution in [-0.2, 0) is 6.54 Å². The highest BCUT2D eigenvalue weighted by atomic mass is 35.5. The average Bonchev–Trinajstić information content (AvgIpc) is 3.12. The van der Waals surface area contributed by atoms with Crippen molar-refractivity contribution < 1.29 is 0 Å². The predicted octanol–water partition coefficient (Wildman–Crippen LogP) is 5.67. The first-order valence-corrected chi connectivity index (χ1v) is 10.7. The number of hydrogen-bond acceptors (Lipinski definition) is 3. The number of halogens is 1. The van der Waals surface area contributed by atoms with Crippen molar-refractivity contribution in [1.29, 1.82) is 0 Å². The normalized spacial score (nSPS) is 22.0. The Kier molecular flexibility index (Phi) is 6.55. The third-order valence-corrected chi connectivity index (χ3v) is 6.11. The topological polar surface area (TPSA) is 18.8 Å². The van der Waals surface area contributed by atoms with Gasteiger partial charge in [-0.25, -0.2) is 0 Å². The molecule has 1 saturated heterocycles. The predicted molar refractivity (Wildman–Crippen MR) is 131 cm³/mol. The number of hydrazone groups is 1. The highest BCUT2D eigenvalue weighted by Crippen LogP contribution is 2.40. The average molecular weight is 430 g/mol. The van der Waals surface area contributed by atoms with E-state index in [1.165, 1.54) is 28.0 Å². The monoisotopic (exact) mass is 429 g/mol. The Morgan fingerprint density at radius 2 is 1.48 bits per heavy atom. The van der Waals surface area contributed by atoms with Crippen molar-refractivity contribution in [2.75, 3.05) is 20.1 Å². The summed E-state index contributed by atoms with van der Waals surface area (Å²) < 4.78 is 0. The van der Waals surface area contributed by atoms with Gasteiger partial charge in [-0.15, -0.1) is 12.4 Å². The summed E-state index contributed by atoms with van der Waals surface area (Å²) >= 11 is 0. The summed E-state index contributed by atoms with van der Waals surface area (Å²) in [7, 11) is 2.12. The fourth-order valence-corrected chi connectivity index (χ4v) is 4.80. The third-order valence-electron chi connectivity index (χ3n) is 6.11. The lowest BCUT2D eigenvalue weighted by Gasteiger charge is -2.36. The molecule has 4 heteroatoms. The van der Waals surface area contributed by atoms with E-state index in [0.717, 1.165) is 19.6 Å². The van der Waals surface area contributed by atoms with E-state index >= 15 is 0 Å². The molecule has 3 aromatic rings. The number of likely N-dealkylation sites (tertiary alicyclic amines) is 1. The minimum Gasteiger partial charge on any atom is -0.294 e. The van der Waals surface area contributed by atoms with E-state index in [4.69, 9.17) is 5.10 Å². The molecule has 2 heterocycles. The van der Waals surface area contributed by atoms with Gasteiger partial charge in [0.15, 0.2) is 0 Å². The van der Waals surface area contributed by atoms with E-state index in [1.54, 1.807) is 0 Å².